The first-order valence-corrected chi connectivity index (χ1v) is 7.21. The second-order valence-corrected chi connectivity index (χ2v) is 6.18. The molecule has 2 atom stereocenters. The number of Topliss-reactive ketones (excluding diaryl/α,β-unsaturated/α-hetero) is 3. The lowest BCUT2D eigenvalue weighted by atomic mass is 9.92. The molecule has 0 spiro atoms. The van der Waals surface area contributed by atoms with Crippen molar-refractivity contribution in [1.82, 2.24) is 5.32 Å². The van der Waals surface area contributed by atoms with E-state index in [1.54, 1.807) is 0 Å². The minimum absolute atomic E-state index is 0.0954. The summed E-state index contributed by atoms with van der Waals surface area (Å²) in [6.07, 6.45) is 0.643. The zero-order valence-electron chi connectivity index (χ0n) is 13.4. The molecule has 0 rings (SSSR count). The third-order valence-corrected chi connectivity index (χ3v) is 2.91. The largest absolute Gasteiger partial charge is 0.346 e. The number of carbonyl (C=O) groups excluding carboxylic acids is 4. The van der Waals surface area contributed by atoms with Crippen LogP contribution in [0.2, 0.25) is 0 Å². The van der Waals surface area contributed by atoms with Crippen LogP contribution >= 0.6 is 0 Å². The maximum atomic E-state index is 12.1. The highest BCUT2D eigenvalue weighted by atomic mass is 16.2. The van der Waals surface area contributed by atoms with Gasteiger partial charge in [0.05, 0.1) is 12.1 Å². The van der Waals surface area contributed by atoms with Gasteiger partial charge in [0.2, 0.25) is 17.5 Å². The van der Waals surface area contributed by atoms with Gasteiger partial charge in [0.15, 0.2) is 0 Å². The molecule has 1 amide bonds. The van der Waals surface area contributed by atoms with E-state index in [4.69, 9.17) is 5.73 Å². The van der Waals surface area contributed by atoms with Crippen LogP contribution in [0.3, 0.4) is 0 Å². The highest BCUT2D eigenvalue weighted by molar-refractivity contribution is 6.65. The second-order valence-electron chi connectivity index (χ2n) is 6.18. The van der Waals surface area contributed by atoms with E-state index in [9.17, 15) is 19.2 Å². The highest BCUT2D eigenvalue weighted by Crippen LogP contribution is 2.09. The average molecular weight is 298 g/mol. The molecule has 0 aliphatic rings. The lowest BCUT2D eigenvalue weighted by molar-refractivity contribution is -0.146. The van der Waals surface area contributed by atoms with E-state index in [-0.39, 0.29) is 11.8 Å². The highest BCUT2D eigenvalue weighted by Gasteiger charge is 2.33. The van der Waals surface area contributed by atoms with E-state index in [0.717, 1.165) is 0 Å². The zero-order chi connectivity index (χ0) is 16.7. The molecule has 6 nitrogen and oxygen atoms in total. The van der Waals surface area contributed by atoms with Crippen molar-refractivity contribution in [3.8, 4) is 0 Å². The van der Waals surface area contributed by atoms with Gasteiger partial charge in [0.1, 0.15) is 0 Å². The Kier molecular flexibility index (Phi) is 8.02. The quantitative estimate of drug-likeness (QED) is 0.479. The first-order chi connectivity index (χ1) is 9.56. The van der Waals surface area contributed by atoms with Crippen LogP contribution < -0.4 is 11.1 Å². The summed E-state index contributed by atoms with van der Waals surface area (Å²) in [6, 6.07) is -1.94. The molecule has 0 aliphatic carbocycles. The number of ketones is 3. The van der Waals surface area contributed by atoms with Crippen LogP contribution in [0.4, 0.5) is 0 Å². The molecule has 21 heavy (non-hydrogen) atoms. The van der Waals surface area contributed by atoms with Gasteiger partial charge < -0.3 is 11.1 Å². The monoisotopic (exact) mass is 298 g/mol. The molecule has 0 aliphatic heterocycles. The third kappa shape index (κ3) is 7.13. The molecule has 120 valence electrons. The molecule has 0 aromatic rings. The Morgan fingerprint density at radius 1 is 0.905 bits per heavy atom. The van der Waals surface area contributed by atoms with Crippen molar-refractivity contribution in [2.75, 3.05) is 0 Å². The first-order valence-electron chi connectivity index (χ1n) is 7.21. The van der Waals surface area contributed by atoms with E-state index < -0.39 is 35.3 Å². The molecule has 0 saturated carbocycles. The number of hydrogen-bond donors (Lipinski definition) is 2. The van der Waals surface area contributed by atoms with Crippen LogP contribution in [0.5, 0.6) is 0 Å². The van der Waals surface area contributed by atoms with Crippen molar-refractivity contribution in [3.63, 3.8) is 0 Å². The topological polar surface area (TPSA) is 106 Å². The summed E-state index contributed by atoms with van der Waals surface area (Å²) in [5.41, 5.74) is 5.65. The fraction of sp³-hybridized carbons (Fsp3) is 0.733. The summed E-state index contributed by atoms with van der Waals surface area (Å²) < 4.78 is 0. The van der Waals surface area contributed by atoms with Crippen LogP contribution in [0, 0.1) is 11.8 Å². The van der Waals surface area contributed by atoms with Gasteiger partial charge in [-0.1, -0.05) is 27.7 Å². The lowest BCUT2D eigenvalue weighted by Gasteiger charge is -2.18. The third-order valence-electron chi connectivity index (χ3n) is 2.91. The Labute approximate surface area is 125 Å². The van der Waals surface area contributed by atoms with E-state index in [0.29, 0.717) is 12.8 Å². The zero-order valence-corrected chi connectivity index (χ0v) is 13.4. The predicted octanol–water partition coefficient (Wildman–Crippen LogP) is 0.618. The van der Waals surface area contributed by atoms with Crippen molar-refractivity contribution in [3.05, 3.63) is 0 Å². The van der Waals surface area contributed by atoms with Crippen molar-refractivity contribution in [2.24, 2.45) is 17.6 Å². The molecule has 3 N–H and O–H groups in total. The number of rotatable bonds is 9. The summed E-state index contributed by atoms with van der Waals surface area (Å²) in [4.78, 5) is 47.1. The van der Waals surface area contributed by atoms with E-state index in [2.05, 4.69) is 5.32 Å². The minimum Gasteiger partial charge on any atom is -0.346 e. The van der Waals surface area contributed by atoms with E-state index in [1.807, 2.05) is 27.7 Å². The molecule has 0 fully saturated rings. The summed E-state index contributed by atoms with van der Waals surface area (Å²) in [5.74, 6) is -3.06. The number of amides is 1. The van der Waals surface area contributed by atoms with Crippen molar-refractivity contribution < 1.29 is 19.2 Å². The van der Waals surface area contributed by atoms with Gasteiger partial charge in [-0.05, 0) is 24.7 Å². The summed E-state index contributed by atoms with van der Waals surface area (Å²) in [5, 5.41) is 2.42. The van der Waals surface area contributed by atoms with Crippen LogP contribution in [0.15, 0.2) is 0 Å². The van der Waals surface area contributed by atoms with Crippen molar-refractivity contribution >= 4 is 23.3 Å². The average Bonchev–Trinajstić information content (AvgIpc) is 2.33. The van der Waals surface area contributed by atoms with Gasteiger partial charge >= 0.3 is 0 Å². The van der Waals surface area contributed by atoms with E-state index >= 15 is 0 Å². The smallest absolute Gasteiger partial charge is 0.267 e. The SMILES string of the molecule is CC(=O)N[C@H](CC(C)C)C(=O)C(=O)C(=O)[C@H](N)CC(C)C. The number of nitrogens with one attached hydrogen (secondary N) is 1. The van der Waals surface area contributed by atoms with E-state index in [1.165, 1.54) is 6.92 Å². The summed E-state index contributed by atoms with van der Waals surface area (Å²) in [7, 11) is 0. The molecule has 0 aromatic heterocycles. The summed E-state index contributed by atoms with van der Waals surface area (Å²) >= 11 is 0. The van der Waals surface area contributed by atoms with Crippen LogP contribution in [0.25, 0.3) is 0 Å². The predicted molar refractivity (Wildman–Crippen MR) is 79.5 cm³/mol. The van der Waals surface area contributed by atoms with Gasteiger partial charge in [-0.2, -0.15) is 0 Å². The van der Waals surface area contributed by atoms with Crippen molar-refractivity contribution in [2.45, 2.75) is 59.5 Å². The fourth-order valence-electron chi connectivity index (χ4n) is 2.01. The van der Waals surface area contributed by atoms with Gasteiger partial charge in [-0.15, -0.1) is 0 Å². The molecule has 0 saturated heterocycles. The van der Waals surface area contributed by atoms with Gasteiger partial charge in [0.25, 0.3) is 5.78 Å². The maximum absolute atomic E-state index is 12.1. The standard InChI is InChI=1S/C15H26N2O4/c1-8(2)6-11(16)13(19)15(21)14(20)12(7-9(3)4)17-10(5)18/h8-9,11-12H,6-7,16H2,1-5H3,(H,17,18)/t11-,12-/m1/s1. The van der Waals surface area contributed by atoms with Crippen molar-refractivity contribution in [1.29, 1.82) is 0 Å². The molecule has 0 unspecified atom stereocenters. The van der Waals surface area contributed by atoms with Crippen LogP contribution in [0.1, 0.15) is 47.5 Å². The Bertz CT molecular complexity index is 416. The summed E-state index contributed by atoms with van der Waals surface area (Å²) in [6.45, 7) is 8.73. The number of hydrogen-bond acceptors (Lipinski definition) is 5. The molecule has 0 aromatic carbocycles. The first kappa shape index (κ1) is 19.4. The van der Waals surface area contributed by atoms with Gasteiger partial charge in [-0.25, -0.2) is 0 Å². The molecule has 0 heterocycles. The Morgan fingerprint density at radius 3 is 1.76 bits per heavy atom. The Balaban J connectivity index is 4.94. The van der Waals surface area contributed by atoms with Crippen LogP contribution in [-0.4, -0.2) is 35.3 Å². The normalized spacial score (nSPS) is 13.9. The maximum Gasteiger partial charge on any atom is 0.267 e. The Morgan fingerprint density at radius 2 is 1.38 bits per heavy atom. The molecule has 0 bridgehead atoms. The lowest BCUT2D eigenvalue weighted by Crippen LogP contribution is -2.49. The molecule has 0 radical (unpaired) electrons. The van der Waals surface area contributed by atoms with Crippen LogP contribution in [-0.2, 0) is 19.2 Å². The van der Waals surface area contributed by atoms with Gasteiger partial charge in [-0.3, -0.25) is 19.2 Å². The molecular formula is C15H26N2O4. The number of nitrogens with two attached hydrogens (primary N) is 1. The molecule has 6 heteroatoms. The number of carbonyl (C=O) groups is 4. The fourth-order valence-corrected chi connectivity index (χ4v) is 2.01. The van der Waals surface area contributed by atoms with Gasteiger partial charge in [0, 0.05) is 6.92 Å². The molecular weight excluding hydrogens is 272 g/mol. The minimum atomic E-state index is -1.12. The second kappa shape index (κ2) is 8.67. The Hall–Kier alpha value is -1.56.